The molecule has 0 aromatic heterocycles. The highest BCUT2D eigenvalue weighted by Crippen LogP contribution is 2.44. The summed E-state index contributed by atoms with van der Waals surface area (Å²) in [6.45, 7) is 0. The molecule has 0 spiro atoms. The summed E-state index contributed by atoms with van der Waals surface area (Å²) < 4.78 is 26.8. The molecular formula is C15H16F2N2S. The molecule has 1 aromatic carbocycles. The van der Waals surface area contributed by atoms with Crippen molar-refractivity contribution < 1.29 is 8.78 Å². The molecule has 3 rings (SSSR count). The fourth-order valence-electron chi connectivity index (χ4n) is 2.38. The van der Waals surface area contributed by atoms with Gasteiger partial charge in [0.25, 0.3) is 0 Å². The van der Waals surface area contributed by atoms with Gasteiger partial charge in [0.1, 0.15) is 17.2 Å². The van der Waals surface area contributed by atoms with E-state index >= 15 is 0 Å². The summed E-state index contributed by atoms with van der Waals surface area (Å²) >= 11 is 1.23. The second kappa shape index (κ2) is 5.34. The van der Waals surface area contributed by atoms with Crippen LogP contribution in [0.2, 0.25) is 0 Å². The minimum absolute atomic E-state index is 0.280. The van der Waals surface area contributed by atoms with Gasteiger partial charge in [-0.1, -0.05) is 0 Å². The van der Waals surface area contributed by atoms with Gasteiger partial charge in [-0.15, -0.1) is 11.8 Å². The van der Waals surface area contributed by atoms with Crippen LogP contribution in [0, 0.1) is 28.9 Å². The van der Waals surface area contributed by atoms with Crippen molar-refractivity contribution in [2.45, 2.75) is 42.2 Å². The molecule has 1 N–H and O–H groups in total. The number of nitrogens with zero attached hydrogens (tertiary/aromatic N) is 1. The third-order valence-corrected chi connectivity index (χ3v) is 5.08. The zero-order valence-corrected chi connectivity index (χ0v) is 11.9. The zero-order valence-electron chi connectivity index (χ0n) is 11.0. The van der Waals surface area contributed by atoms with Crippen molar-refractivity contribution in [3.8, 4) is 6.07 Å². The SMILES string of the molecule is N#CC(CSc1cc(F)ccc1F)(NC1CC1)C1CC1. The predicted molar refractivity (Wildman–Crippen MR) is 74.3 cm³/mol. The first-order chi connectivity index (χ1) is 9.63. The quantitative estimate of drug-likeness (QED) is 0.816. The molecule has 2 fully saturated rings. The minimum atomic E-state index is -0.593. The average molecular weight is 294 g/mol. The Hall–Kier alpha value is -1.12. The Balaban J connectivity index is 1.73. The molecule has 1 aromatic rings. The van der Waals surface area contributed by atoms with E-state index in [0.29, 0.717) is 17.7 Å². The molecule has 0 aliphatic heterocycles. The van der Waals surface area contributed by atoms with Crippen LogP contribution in [0.4, 0.5) is 8.78 Å². The lowest BCUT2D eigenvalue weighted by Gasteiger charge is -2.28. The summed E-state index contributed by atoms with van der Waals surface area (Å²) in [7, 11) is 0. The van der Waals surface area contributed by atoms with E-state index in [2.05, 4.69) is 11.4 Å². The van der Waals surface area contributed by atoms with Crippen LogP contribution in [0.1, 0.15) is 25.7 Å². The Kier molecular flexibility index (Phi) is 3.70. The third kappa shape index (κ3) is 2.97. The fourth-order valence-corrected chi connectivity index (χ4v) is 3.55. The molecule has 1 unspecified atom stereocenters. The van der Waals surface area contributed by atoms with E-state index in [1.54, 1.807) is 0 Å². The van der Waals surface area contributed by atoms with E-state index in [9.17, 15) is 14.0 Å². The molecule has 2 aliphatic rings. The second-order valence-corrected chi connectivity index (χ2v) is 6.66. The molecule has 20 heavy (non-hydrogen) atoms. The van der Waals surface area contributed by atoms with Gasteiger partial charge in [-0.2, -0.15) is 5.26 Å². The van der Waals surface area contributed by atoms with Gasteiger partial charge < -0.3 is 0 Å². The largest absolute Gasteiger partial charge is 0.296 e. The standard InChI is InChI=1S/C15H16F2N2S/c16-11-3-6-13(17)14(7-11)20-9-15(8-18,10-1-2-10)19-12-4-5-12/h3,6-7,10,12,19H,1-2,4-5,9H2. The summed E-state index contributed by atoms with van der Waals surface area (Å²) in [5, 5.41) is 13.0. The zero-order chi connectivity index (χ0) is 14.2. The van der Waals surface area contributed by atoms with E-state index in [4.69, 9.17) is 0 Å². The van der Waals surface area contributed by atoms with E-state index in [-0.39, 0.29) is 4.90 Å². The van der Waals surface area contributed by atoms with Gasteiger partial charge in [0, 0.05) is 16.7 Å². The molecule has 1 atom stereocenters. The normalized spacial score (nSPS) is 21.2. The molecule has 0 heterocycles. The van der Waals surface area contributed by atoms with Gasteiger partial charge in [-0.25, -0.2) is 8.78 Å². The first-order valence-electron chi connectivity index (χ1n) is 6.90. The molecule has 2 saturated carbocycles. The van der Waals surface area contributed by atoms with Crippen molar-refractivity contribution in [1.29, 1.82) is 5.26 Å². The van der Waals surface area contributed by atoms with Crippen molar-refractivity contribution in [2.75, 3.05) is 5.75 Å². The Morgan fingerprint density at radius 1 is 1.30 bits per heavy atom. The van der Waals surface area contributed by atoms with E-state index in [1.807, 2.05) is 0 Å². The summed E-state index contributed by atoms with van der Waals surface area (Å²) in [5.74, 6) is -0.0638. The monoisotopic (exact) mass is 294 g/mol. The number of nitrogens with one attached hydrogen (secondary N) is 1. The molecule has 0 saturated heterocycles. The maximum absolute atomic E-state index is 13.6. The van der Waals surface area contributed by atoms with Gasteiger partial charge in [-0.3, -0.25) is 5.32 Å². The lowest BCUT2D eigenvalue weighted by Crippen LogP contribution is -2.49. The number of thioether (sulfide) groups is 1. The fraction of sp³-hybridized carbons (Fsp3) is 0.533. The molecular weight excluding hydrogens is 278 g/mol. The summed E-state index contributed by atoms with van der Waals surface area (Å²) in [6, 6.07) is 6.28. The smallest absolute Gasteiger partial charge is 0.136 e. The molecule has 2 aliphatic carbocycles. The molecule has 0 radical (unpaired) electrons. The number of nitriles is 1. The Bertz CT molecular complexity index is 549. The molecule has 0 bridgehead atoms. The van der Waals surface area contributed by atoms with E-state index < -0.39 is 17.2 Å². The molecule has 5 heteroatoms. The van der Waals surface area contributed by atoms with Crippen molar-refractivity contribution in [3.63, 3.8) is 0 Å². The highest BCUT2D eigenvalue weighted by Gasteiger charge is 2.48. The summed E-state index contributed by atoms with van der Waals surface area (Å²) in [6.07, 6.45) is 4.29. The van der Waals surface area contributed by atoms with Crippen LogP contribution in [0.5, 0.6) is 0 Å². The number of benzene rings is 1. The lowest BCUT2D eigenvalue weighted by molar-refractivity contribution is 0.401. The summed E-state index contributed by atoms with van der Waals surface area (Å²) in [5.41, 5.74) is -0.593. The van der Waals surface area contributed by atoms with Gasteiger partial charge in [0.15, 0.2) is 0 Å². The van der Waals surface area contributed by atoms with Crippen LogP contribution in [0.15, 0.2) is 23.1 Å². The van der Waals surface area contributed by atoms with Gasteiger partial charge in [0.05, 0.1) is 6.07 Å². The Morgan fingerprint density at radius 3 is 2.65 bits per heavy atom. The molecule has 0 amide bonds. The van der Waals surface area contributed by atoms with Crippen LogP contribution < -0.4 is 5.32 Å². The van der Waals surface area contributed by atoms with Crippen LogP contribution >= 0.6 is 11.8 Å². The van der Waals surface area contributed by atoms with Crippen LogP contribution in [0.3, 0.4) is 0 Å². The van der Waals surface area contributed by atoms with Gasteiger partial charge in [-0.05, 0) is 49.8 Å². The molecule has 106 valence electrons. The van der Waals surface area contributed by atoms with Crippen LogP contribution in [-0.4, -0.2) is 17.3 Å². The highest BCUT2D eigenvalue weighted by atomic mass is 32.2. The molecule has 2 nitrogen and oxygen atoms in total. The summed E-state index contributed by atoms with van der Waals surface area (Å²) in [4.78, 5) is 0.280. The number of hydrogen-bond acceptors (Lipinski definition) is 3. The highest BCUT2D eigenvalue weighted by molar-refractivity contribution is 7.99. The minimum Gasteiger partial charge on any atom is -0.296 e. The number of rotatable bonds is 6. The first-order valence-corrected chi connectivity index (χ1v) is 7.88. The van der Waals surface area contributed by atoms with Gasteiger partial charge in [0.2, 0.25) is 0 Å². The van der Waals surface area contributed by atoms with Crippen LogP contribution in [0.25, 0.3) is 0 Å². The van der Waals surface area contributed by atoms with Crippen molar-refractivity contribution in [1.82, 2.24) is 5.32 Å². The van der Waals surface area contributed by atoms with E-state index in [0.717, 1.165) is 37.8 Å². The maximum atomic E-state index is 13.6. The Morgan fingerprint density at radius 2 is 2.05 bits per heavy atom. The predicted octanol–water partition coefficient (Wildman–Crippen LogP) is 3.48. The van der Waals surface area contributed by atoms with Gasteiger partial charge >= 0.3 is 0 Å². The average Bonchev–Trinajstić information content (AvgIpc) is 3.30. The Labute approximate surface area is 121 Å². The lowest BCUT2D eigenvalue weighted by atomic mass is 9.97. The van der Waals surface area contributed by atoms with Crippen molar-refractivity contribution in [2.24, 2.45) is 5.92 Å². The van der Waals surface area contributed by atoms with Crippen molar-refractivity contribution >= 4 is 11.8 Å². The van der Waals surface area contributed by atoms with Crippen molar-refractivity contribution in [3.05, 3.63) is 29.8 Å². The third-order valence-electron chi connectivity index (χ3n) is 3.86. The first kappa shape index (κ1) is 13.8. The van der Waals surface area contributed by atoms with Crippen LogP contribution in [-0.2, 0) is 0 Å². The maximum Gasteiger partial charge on any atom is 0.136 e. The topological polar surface area (TPSA) is 35.8 Å². The second-order valence-electron chi connectivity index (χ2n) is 5.64. The number of halogens is 2. The van der Waals surface area contributed by atoms with E-state index in [1.165, 1.54) is 17.8 Å². The number of hydrogen-bond donors (Lipinski definition) is 1.